The summed E-state index contributed by atoms with van der Waals surface area (Å²) < 4.78 is 2.18. The Morgan fingerprint density at radius 1 is 1.15 bits per heavy atom. The predicted octanol–water partition coefficient (Wildman–Crippen LogP) is 2.34. The number of carbonyl (C=O) groups excluding carboxylic acids is 1. The molecule has 0 atom stereocenters. The van der Waals surface area contributed by atoms with Crippen molar-refractivity contribution in [1.29, 1.82) is 0 Å². The van der Waals surface area contributed by atoms with Crippen LogP contribution in [0.5, 0.6) is 0 Å². The van der Waals surface area contributed by atoms with Crippen LogP contribution in [0.3, 0.4) is 0 Å². The first-order valence-electron chi connectivity index (χ1n) is 9.37. The summed E-state index contributed by atoms with van der Waals surface area (Å²) >= 11 is 0. The summed E-state index contributed by atoms with van der Waals surface area (Å²) in [4.78, 5) is 27.5. The van der Waals surface area contributed by atoms with E-state index in [0.717, 1.165) is 44.5 Å². The fraction of sp³-hybridized carbons (Fsp3) is 0.722. The van der Waals surface area contributed by atoms with Crippen LogP contribution < -0.4 is 10.6 Å². The molecule has 1 saturated heterocycles. The predicted molar refractivity (Wildman–Crippen MR) is 108 cm³/mol. The van der Waals surface area contributed by atoms with Crippen molar-refractivity contribution < 1.29 is 14.7 Å². The number of carboxylic acid groups (broad SMARTS) is 1. The van der Waals surface area contributed by atoms with Crippen LogP contribution in [-0.4, -0.2) is 45.7 Å². The maximum Gasteiger partial charge on any atom is 0.306 e. The number of nitrogens with one attached hydrogen (secondary N) is 2. The quantitative estimate of drug-likeness (QED) is 0.655. The fourth-order valence-electron chi connectivity index (χ4n) is 3.84. The van der Waals surface area contributed by atoms with Crippen LogP contribution >= 0.6 is 24.8 Å². The van der Waals surface area contributed by atoms with Crippen molar-refractivity contribution in [3.05, 3.63) is 18.2 Å². The van der Waals surface area contributed by atoms with Crippen molar-refractivity contribution in [2.75, 3.05) is 13.1 Å². The highest BCUT2D eigenvalue weighted by molar-refractivity contribution is 5.85. The Morgan fingerprint density at radius 3 is 2.44 bits per heavy atom. The minimum atomic E-state index is -0.714. The Bertz CT molecular complexity index is 597. The molecule has 154 valence electrons. The highest BCUT2D eigenvalue weighted by Gasteiger charge is 2.26. The van der Waals surface area contributed by atoms with Crippen molar-refractivity contribution in [3.8, 4) is 0 Å². The molecule has 1 aromatic heterocycles. The number of hydrogen-bond acceptors (Lipinski definition) is 4. The summed E-state index contributed by atoms with van der Waals surface area (Å²) in [6.07, 6.45) is 10.1. The van der Waals surface area contributed by atoms with Gasteiger partial charge in [0.2, 0.25) is 5.91 Å². The SMILES string of the molecule is Cl.Cl.O=C(CCc1cn(C2CCNCC2)cn1)NC1CCC(C(=O)O)CC1. The molecule has 9 heteroatoms. The lowest BCUT2D eigenvalue weighted by molar-refractivity contribution is -0.142. The van der Waals surface area contributed by atoms with E-state index in [9.17, 15) is 9.59 Å². The molecule has 0 spiro atoms. The van der Waals surface area contributed by atoms with Crippen LogP contribution in [0, 0.1) is 5.92 Å². The molecule has 27 heavy (non-hydrogen) atoms. The summed E-state index contributed by atoms with van der Waals surface area (Å²) in [6, 6.07) is 0.635. The summed E-state index contributed by atoms with van der Waals surface area (Å²) in [6.45, 7) is 2.09. The Balaban J connectivity index is 0.00000182. The van der Waals surface area contributed by atoms with E-state index in [1.54, 1.807) is 0 Å². The monoisotopic (exact) mass is 420 g/mol. The van der Waals surface area contributed by atoms with E-state index in [2.05, 4.69) is 26.4 Å². The minimum Gasteiger partial charge on any atom is -0.481 e. The van der Waals surface area contributed by atoms with Gasteiger partial charge in [-0.05, 0) is 58.0 Å². The fourth-order valence-corrected chi connectivity index (χ4v) is 3.84. The topological polar surface area (TPSA) is 96.3 Å². The zero-order valence-electron chi connectivity index (χ0n) is 15.4. The van der Waals surface area contributed by atoms with Crippen LogP contribution in [0.2, 0.25) is 0 Å². The van der Waals surface area contributed by atoms with E-state index in [4.69, 9.17) is 5.11 Å². The average molecular weight is 421 g/mol. The molecule has 1 saturated carbocycles. The van der Waals surface area contributed by atoms with E-state index in [1.165, 1.54) is 0 Å². The summed E-state index contributed by atoms with van der Waals surface area (Å²) in [5.74, 6) is -0.920. The van der Waals surface area contributed by atoms with E-state index in [-0.39, 0.29) is 42.7 Å². The number of amides is 1. The second-order valence-corrected chi connectivity index (χ2v) is 7.25. The Labute approximate surface area is 172 Å². The molecule has 1 amide bonds. The second kappa shape index (κ2) is 11.5. The number of aliphatic carboxylic acids is 1. The molecule has 2 fully saturated rings. The maximum atomic E-state index is 12.1. The molecule has 3 rings (SSSR count). The van der Waals surface area contributed by atoms with E-state index < -0.39 is 5.97 Å². The van der Waals surface area contributed by atoms with E-state index in [0.29, 0.717) is 31.7 Å². The summed E-state index contributed by atoms with van der Waals surface area (Å²) in [7, 11) is 0. The molecule has 0 bridgehead atoms. The summed E-state index contributed by atoms with van der Waals surface area (Å²) in [5, 5.41) is 15.4. The van der Waals surface area contributed by atoms with Gasteiger partial charge in [-0.3, -0.25) is 9.59 Å². The molecule has 0 aromatic carbocycles. The molecule has 2 aliphatic rings. The molecule has 1 aliphatic carbocycles. The second-order valence-electron chi connectivity index (χ2n) is 7.25. The van der Waals surface area contributed by atoms with Gasteiger partial charge >= 0.3 is 5.97 Å². The van der Waals surface area contributed by atoms with Gasteiger partial charge in [-0.25, -0.2) is 4.98 Å². The van der Waals surface area contributed by atoms with Crippen LogP contribution in [0.15, 0.2) is 12.5 Å². The first kappa shape index (κ1) is 23.7. The standard InChI is InChI=1S/C18H28N4O3.2ClH/c23-17(21-14-3-1-13(2-4-14)18(24)25)6-5-15-11-22(12-20-15)16-7-9-19-10-8-16;;/h11-14,16,19H,1-10H2,(H,21,23)(H,24,25);2*1H. The van der Waals surface area contributed by atoms with Crippen LogP contribution in [0.25, 0.3) is 0 Å². The molecular weight excluding hydrogens is 391 g/mol. The van der Waals surface area contributed by atoms with Gasteiger partial charge in [0.25, 0.3) is 0 Å². The van der Waals surface area contributed by atoms with E-state index >= 15 is 0 Å². The first-order valence-corrected chi connectivity index (χ1v) is 9.37. The van der Waals surface area contributed by atoms with Crippen LogP contribution in [0.4, 0.5) is 0 Å². The van der Waals surface area contributed by atoms with Crippen molar-refractivity contribution in [3.63, 3.8) is 0 Å². The Morgan fingerprint density at radius 2 is 1.81 bits per heavy atom. The number of aryl methyl sites for hydroxylation is 1. The minimum absolute atomic E-state index is 0. The zero-order valence-corrected chi connectivity index (χ0v) is 17.1. The van der Waals surface area contributed by atoms with Gasteiger partial charge in [0, 0.05) is 24.7 Å². The van der Waals surface area contributed by atoms with Crippen LogP contribution in [-0.2, 0) is 16.0 Å². The normalized spacial score (nSPS) is 23.0. The average Bonchev–Trinajstić information content (AvgIpc) is 3.10. The highest BCUT2D eigenvalue weighted by atomic mass is 35.5. The van der Waals surface area contributed by atoms with Crippen molar-refractivity contribution >= 4 is 36.7 Å². The van der Waals surface area contributed by atoms with Gasteiger partial charge in [-0.1, -0.05) is 0 Å². The third-order valence-electron chi connectivity index (χ3n) is 5.44. The lowest BCUT2D eigenvalue weighted by Gasteiger charge is -2.26. The number of piperidine rings is 1. The van der Waals surface area contributed by atoms with E-state index in [1.807, 2.05) is 6.33 Å². The van der Waals surface area contributed by atoms with Crippen LogP contribution in [0.1, 0.15) is 56.7 Å². The summed E-state index contributed by atoms with van der Waals surface area (Å²) in [5.41, 5.74) is 0.961. The number of carbonyl (C=O) groups is 2. The van der Waals surface area contributed by atoms with Gasteiger partial charge < -0.3 is 20.3 Å². The van der Waals surface area contributed by atoms with Gasteiger partial charge in [0.1, 0.15) is 0 Å². The molecule has 0 unspecified atom stereocenters. The molecule has 2 heterocycles. The number of carboxylic acids is 1. The van der Waals surface area contributed by atoms with Gasteiger partial charge in [0.15, 0.2) is 0 Å². The number of hydrogen-bond donors (Lipinski definition) is 3. The molecule has 1 aromatic rings. The van der Waals surface area contributed by atoms with Gasteiger partial charge in [0.05, 0.1) is 17.9 Å². The maximum absolute atomic E-state index is 12.1. The highest BCUT2D eigenvalue weighted by Crippen LogP contribution is 2.24. The van der Waals surface area contributed by atoms with Crippen molar-refractivity contribution in [2.24, 2.45) is 5.92 Å². The number of imidazole rings is 1. The number of halogens is 2. The first-order chi connectivity index (χ1) is 12.1. The number of aromatic nitrogens is 2. The number of nitrogens with zero attached hydrogens (tertiary/aromatic N) is 2. The molecule has 3 N–H and O–H groups in total. The molecule has 0 radical (unpaired) electrons. The van der Waals surface area contributed by atoms with Gasteiger partial charge in [-0.2, -0.15) is 0 Å². The third-order valence-corrected chi connectivity index (χ3v) is 5.44. The largest absolute Gasteiger partial charge is 0.481 e. The Hall–Kier alpha value is -1.31. The molecular formula is C18H30Cl2N4O3. The van der Waals surface area contributed by atoms with Crippen molar-refractivity contribution in [2.45, 2.75) is 63.5 Å². The molecule has 1 aliphatic heterocycles. The van der Waals surface area contributed by atoms with Crippen molar-refractivity contribution in [1.82, 2.24) is 20.2 Å². The number of rotatable bonds is 6. The Kier molecular flexibility index (Phi) is 10.1. The smallest absolute Gasteiger partial charge is 0.306 e. The third kappa shape index (κ3) is 6.97. The lowest BCUT2D eigenvalue weighted by Crippen LogP contribution is -2.38. The van der Waals surface area contributed by atoms with Gasteiger partial charge in [-0.15, -0.1) is 24.8 Å². The molecule has 7 nitrogen and oxygen atoms in total. The lowest BCUT2D eigenvalue weighted by atomic mass is 9.86. The zero-order chi connectivity index (χ0) is 17.6.